The maximum atomic E-state index is 12.3. The van der Waals surface area contributed by atoms with Gasteiger partial charge in [-0.1, -0.05) is 0 Å². The number of fused-ring (bicyclic) bond motifs is 1. The summed E-state index contributed by atoms with van der Waals surface area (Å²) in [5, 5.41) is 3.89. The van der Waals surface area contributed by atoms with Crippen LogP contribution in [0.4, 0.5) is 0 Å². The SMILES string of the molecule is O=S(=O)(C1CC1)N1CCn2cc(Cn3cncn3)nc2C1. The van der Waals surface area contributed by atoms with Crippen LogP contribution in [0.3, 0.4) is 0 Å². The van der Waals surface area contributed by atoms with Crippen molar-refractivity contribution in [2.75, 3.05) is 6.54 Å². The summed E-state index contributed by atoms with van der Waals surface area (Å²) in [5.41, 5.74) is 0.876. The Labute approximate surface area is 122 Å². The average molecular weight is 308 g/mol. The molecule has 1 fully saturated rings. The lowest BCUT2D eigenvalue weighted by molar-refractivity contribution is 0.335. The fourth-order valence-electron chi connectivity index (χ4n) is 2.64. The molecule has 9 heteroatoms. The van der Waals surface area contributed by atoms with E-state index in [4.69, 9.17) is 0 Å². The third-order valence-electron chi connectivity index (χ3n) is 3.91. The largest absolute Gasteiger partial charge is 0.332 e. The molecule has 2 aromatic rings. The highest BCUT2D eigenvalue weighted by Crippen LogP contribution is 2.32. The second-order valence-electron chi connectivity index (χ2n) is 5.51. The topological polar surface area (TPSA) is 85.9 Å². The Balaban J connectivity index is 1.54. The van der Waals surface area contributed by atoms with Crippen LogP contribution in [0, 0.1) is 0 Å². The van der Waals surface area contributed by atoms with Crippen LogP contribution in [0.5, 0.6) is 0 Å². The first-order chi connectivity index (χ1) is 10.1. The number of nitrogens with zero attached hydrogens (tertiary/aromatic N) is 6. The summed E-state index contributed by atoms with van der Waals surface area (Å²) >= 11 is 0. The predicted molar refractivity (Wildman–Crippen MR) is 73.7 cm³/mol. The van der Waals surface area contributed by atoms with E-state index in [0.717, 1.165) is 24.4 Å². The summed E-state index contributed by atoms with van der Waals surface area (Å²) in [6.07, 6.45) is 6.69. The smallest absolute Gasteiger partial charge is 0.217 e. The van der Waals surface area contributed by atoms with E-state index in [2.05, 4.69) is 15.1 Å². The molecule has 4 rings (SSSR count). The lowest BCUT2D eigenvalue weighted by atomic mass is 10.4. The van der Waals surface area contributed by atoms with Gasteiger partial charge in [-0.05, 0) is 12.8 Å². The molecule has 0 unspecified atom stereocenters. The number of sulfonamides is 1. The van der Waals surface area contributed by atoms with Gasteiger partial charge in [-0.25, -0.2) is 23.1 Å². The lowest BCUT2D eigenvalue weighted by Crippen LogP contribution is -2.39. The number of hydrogen-bond acceptors (Lipinski definition) is 5. The van der Waals surface area contributed by atoms with E-state index < -0.39 is 10.0 Å². The predicted octanol–water partition coefficient (Wildman–Crippen LogP) is -0.169. The summed E-state index contributed by atoms with van der Waals surface area (Å²) in [7, 11) is -3.12. The molecule has 1 aliphatic carbocycles. The van der Waals surface area contributed by atoms with E-state index in [9.17, 15) is 8.42 Å². The molecule has 0 atom stereocenters. The third-order valence-corrected chi connectivity index (χ3v) is 6.26. The Morgan fingerprint density at radius 2 is 2.14 bits per heavy atom. The van der Waals surface area contributed by atoms with Crippen LogP contribution < -0.4 is 0 Å². The quantitative estimate of drug-likeness (QED) is 0.783. The Morgan fingerprint density at radius 1 is 1.29 bits per heavy atom. The van der Waals surface area contributed by atoms with E-state index in [0.29, 0.717) is 26.2 Å². The highest BCUT2D eigenvalue weighted by atomic mass is 32.2. The first kappa shape index (κ1) is 13.0. The number of hydrogen-bond donors (Lipinski definition) is 0. The van der Waals surface area contributed by atoms with E-state index in [1.165, 1.54) is 6.33 Å². The van der Waals surface area contributed by atoms with E-state index in [-0.39, 0.29) is 5.25 Å². The maximum Gasteiger partial charge on any atom is 0.217 e. The minimum atomic E-state index is -3.12. The van der Waals surface area contributed by atoms with Crippen LogP contribution in [0.2, 0.25) is 0 Å². The van der Waals surface area contributed by atoms with Gasteiger partial charge < -0.3 is 4.57 Å². The molecule has 112 valence electrons. The molecule has 2 aromatic heterocycles. The second kappa shape index (κ2) is 4.63. The fraction of sp³-hybridized carbons (Fsp3) is 0.583. The normalized spacial score (nSPS) is 19.6. The van der Waals surface area contributed by atoms with Crippen molar-refractivity contribution < 1.29 is 8.42 Å². The van der Waals surface area contributed by atoms with E-state index >= 15 is 0 Å². The average Bonchev–Trinajstić information content (AvgIpc) is 3.07. The Bertz CT molecular complexity index is 747. The maximum absolute atomic E-state index is 12.3. The first-order valence-corrected chi connectivity index (χ1v) is 8.49. The third kappa shape index (κ3) is 2.36. The highest BCUT2D eigenvalue weighted by molar-refractivity contribution is 7.90. The van der Waals surface area contributed by atoms with E-state index in [1.807, 2.05) is 10.8 Å². The first-order valence-electron chi connectivity index (χ1n) is 6.99. The van der Waals surface area contributed by atoms with Gasteiger partial charge in [0, 0.05) is 19.3 Å². The standard InChI is InChI=1S/C12H16N6O2S/c19-21(20,11-1-2-11)18-4-3-16-5-10(15-12(16)7-18)6-17-9-13-8-14-17/h5,8-9,11H,1-4,6-7H2. The van der Waals surface area contributed by atoms with Crippen molar-refractivity contribution in [3.05, 3.63) is 30.4 Å². The van der Waals surface area contributed by atoms with Gasteiger partial charge in [-0.3, -0.25) is 0 Å². The molecule has 0 N–H and O–H groups in total. The molecule has 0 radical (unpaired) electrons. The Kier molecular flexibility index (Phi) is 2.86. The summed E-state index contributed by atoms with van der Waals surface area (Å²) < 4.78 is 29.9. The zero-order valence-corrected chi connectivity index (χ0v) is 12.3. The molecule has 0 saturated heterocycles. The number of rotatable bonds is 4. The summed E-state index contributed by atoms with van der Waals surface area (Å²) in [6, 6.07) is 0. The Hall–Kier alpha value is -1.74. The van der Waals surface area contributed by atoms with Crippen molar-refractivity contribution in [2.45, 2.75) is 37.7 Å². The zero-order valence-electron chi connectivity index (χ0n) is 11.5. The molecule has 1 aliphatic heterocycles. The monoisotopic (exact) mass is 308 g/mol. The highest BCUT2D eigenvalue weighted by Gasteiger charge is 2.41. The Morgan fingerprint density at radius 3 is 2.86 bits per heavy atom. The van der Waals surface area contributed by atoms with Crippen molar-refractivity contribution in [3.63, 3.8) is 0 Å². The zero-order chi connectivity index (χ0) is 14.4. The summed E-state index contributed by atoms with van der Waals surface area (Å²) in [6.45, 7) is 2.11. The van der Waals surface area contributed by atoms with Gasteiger partial charge in [0.25, 0.3) is 0 Å². The van der Waals surface area contributed by atoms with Crippen LogP contribution in [0.15, 0.2) is 18.9 Å². The van der Waals surface area contributed by atoms with Gasteiger partial charge in [-0.2, -0.15) is 9.40 Å². The molecule has 0 spiro atoms. The van der Waals surface area contributed by atoms with Gasteiger partial charge in [0.1, 0.15) is 18.5 Å². The van der Waals surface area contributed by atoms with Crippen molar-refractivity contribution in [3.8, 4) is 0 Å². The van der Waals surface area contributed by atoms with Gasteiger partial charge in [0.15, 0.2) is 0 Å². The molecule has 0 amide bonds. The minimum absolute atomic E-state index is 0.159. The molecule has 8 nitrogen and oxygen atoms in total. The van der Waals surface area contributed by atoms with Crippen molar-refractivity contribution in [1.29, 1.82) is 0 Å². The van der Waals surface area contributed by atoms with Gasteiger partial charge in [0.05, 0.1) is 24.0 Å². The van der Waals surface area contributed by atoms with Crippen LogP contribution in [-0.4, -0.2) is 48.8 Å². The number of imidazole rings is 1. The van der Waals surface area contributed by atoms with Gasteiger partial charge in [-0.15, -0.1) is 0 Å². The molecule has 0 aromatic carbocycles. The van der Waals surface area contributed by atoms with Gasteiger partial charge >= 0.3 is 0 Å². The van der Waals surface area contributed by atoms with Crippen molar-refractivity contribution in [1.82, 2.24) is 28.6 Å². The van der Waals surface area contributed by atoms with Crippen LogP contribution in [0.25, 0.3) is 0 Å². The van der Waals surface area contributed by atoms with Crippen LogP contribution in [0.1, 0.15) is 24.4 Å². The lowest BCUT2D eigenvalue weighted by Gasteiger charge is -2.26. The summed E-state index contributed by atoms with van der Waals surface area (Å²) in [4.78, 5) is 8.44. The number of aromatic nitrogens is 5. The fourth-order valence-corrected chi connectivity index (χ4v) is 4.42. The minimum Gasteiger partial charge on any atom is -0.332 e. The van der Waals surface area contributed by atoms with Crippen LogP contribution >= 0.6 is 0 Å². The molecular formula is C12H16N6O2S. The molecule has 1 saturated carbocycles. The second-order valence-corrected chi connectivity index (χ2v) is 7.73. The molecule has 0 bridgehead atoms. The van der Waals surface area contributed by atoms with E-state index in [1.54, 1.807) is 15.3 Å². The molecule has 21 heavy (non-hydrogen) atoms. The van der Waals surface area contributed by atoms with Crippen molar-refractivity contribution in [2.24, 2.45) is 0 Å². The van der Waals surface area contributed by atoms with Crippen molar-refractivity contribution >= 4 is 10.0 Å². The summed E-state index contributed by atoms with van der Waals surface area (Å²) in [5.74, 6) is 0.806. The molecular weight excluding hydrogens is 292 g/mol. The molecule has 3 heterocycles. The molecule has 2 aliphatic rings. The van der Waals surface area contributed by atoms with Gasteiger partial charge in [0.2, 0.25) is 10.0 Å². The van der Waals surface area contributed by atoms with Crippen LogP contribution in [-0.2, 0) is 29.7 Å².